The first-order chi connectivity index (χ1) is 11.7. The Labute approximate surface area is 143 Å². The Morgan fingerprint density at radius 3 is 2.83 bits per heavy atom. The van der Waals surface area contributed by atoms with Crippen LogP contribution in [-0.2, 0) is 13.0 Å². The number of nitrogens with one attached hydrogen (secondary N) is 2. The van der Waals surface area contributed by atoms with Crippen LogP contribution in [0.15, 0.2) is 36.4 Å². The first-order valence-corrected chi connectivity index (χ1v) is 8.55. The number of likely N-dealkylation sites (N-methyl/N-ethyl adjacent to an activating group) is 1. The second-order valence-electron chi connectivity index (χ2n) is 6.21. The zero-order chi connectivity index (χ0) is 16.8. The molecule has 0 radical (unpaired) electrons. The number of nitrogens with two attached hydrogens (primary N) is 1. The maximum atomic E-state index is 5.90. The van der Waals surface area contributed by atoms with E-state index in [0.29, 0.717) is 18.5 Å². The molecular weight excluding hydrogens is 300 g/mol. The monoisotopic (exact) mass is 326 g/mol. The van der Waals surface area contributed by atoms with Crippen LogP contribution in [0.25, 0.3) is 0 Å². The van der Waals surface area contributed by atoms with Crippen LogP contribution in [-0.4, -0.2) is 42.7 Å². The smallest absolute Gasteiger partial charge is 0.222 e. The number of benzene rings is 1. The second kappa shape index (κ2) is 8.08. The Morgan fingerprint density at radius 2 is 2.08 bits per heavy atom. The van der Waals surface area contributed by atoms with Gasteiger partial charge < -0.3 is 21.3 Å². The SMILES string of the molecule is CN[C@@H]1CCN(c2cc(CNCCc3ccccc3)nc(N)n2)C1. The molecule has 2 aromatic rings. The van der Waals surface area contributed by atoms with E-state index >= 15 is 0 Å². The number of nitrogen functional groups attached to an aromatic ring is 1. The molecule has 6 nitrogen and oxygen atoms in total. The molecule has 6 heteroatoms. The van der Waals surface area contributed by atoms with Gasteiger partial charge in [-0.05, 0) is 32.0 Å². The van der Waals surface area contributed by atoms with Gasteiger partial charge in [-0.25, -0.2) is 4.98 Å². The molecule has 0 spiro atoms. The van der Waals surface area contributed by atoms with Crippen molar-refractivity contribution in [3.8, 4) is 0 Å². The summed E-state index contributed by atoms with van der Waals surface area (Å²) in [6, 6.07) is 13.0. The lowest BCUT2D eigenvalue weighted by atomic mass is 10.1. The van der Waals surface area contributed by atoms with Crippen LogP contribution in [0, 0.1) is 0 Å². The van der Waals surface area contributed by atoms with E-state index in [9.17, 15) is 0 Å². The quantitative estimate of drug-likeness (QED) is 0.663. The van der Waals surface area contributed by atoms with Crippen molar-refractivity contribution in [2.24, 2.45) is 0 Å². The number of aromatic nitrogens is 2. The van der Waals surface area contributed by atoms with Gasteiger partial charge in [0.25, 0.3) is 0 Å². The number of hydrogen-bond acceptors (Lipinski definition) is 6. The van der Waals surface area contributed by atoms with Crippen LogP contribution < -0.4 is 21.3 Å². The van der Waals surface area contributed by atoms with Gasteiger partial charge in [-0.2, -0.15) is 4.98 Å². The van der Waals surface area contributed by atoms with Crippen LogP contribution in [0.2, 0.25) is 0 Å². The third-order valence-electron chi connectivity index (χ3n) is 4.44. The maximum absolute atomic E-state index is 5.90. The Kier molecular flexibility index (Phi) is 5.61. The van der Waals surface area contributed by atoms with Crippen molar-refractivity contribution in [1.82, 2.24) is 20.6 Å². The third-order valence-corrected chi connectivity index (χ3v) is 4.44. The number of rotatable bonds is 7. The summed E-state index contributed by atoms with van der Waals surface area (Å²) in [6.07, 6.45) is 2.13. The molecule has 1 aromatic carbocycles. The summed E-state index contributed by atoms with van der Waals surface area (Å²) in [6.45, 7) is 3.58. The average molecular weight is 326 g/mol. The van der Waals surface area contributed by atoms with Gasteiger partial charge in [0.15, 0.2) is 0 Å². The molecule has 1 aliphatic heterocycles. The fraction of sp³-hybridized carbons (Fsp3) is 0.444. The van der Waals surface area contributed by atoms with Crippen molar-refractivity contribution < 1.29 is 0 Å². The first-order valence-electron chi connectivity index (χ1n) is 8.55. The molecule has 0 aliphatic carbocycles. The van der Waals surface area contributed by atoms with Crippen molar-refractivity contribution in [3.63, 3.8) is 0 Å². The van der Waals surface area contributed by atoms with Gasteiger partial charge in [0.1, 0.15) is 5.82 Å². The molecule has 1 aromatic heterocycles. The molecule has 0 unspecified atom stereocenters. The summed E-state index contributed by atoms with van der Waals surface area (Å²) >= 11 is 0. The third kappa shape index (κ3) is 4.43. The molecular formula is C18H26N6. The number of anilines is 2. The molecule has 1 fully saturated rings. The summed E-state index contributed by atoms with van der Waals surface area (Å²) in [7, 11) is 2.00. The van der Waals surface area contributed by atoms with Gasteiger partial charge in [-0.1, -0.05) is 30.3 Å². The Balaban J connectivity index is 1.54. The predicted molar refractivity (Wildman–Crippen MR) is 98.0 cm³/mol. The summed E-state index contributed by atoms with van der Waals surface area (Å²) in [5.74, 6) is 1.28. The first kappa shape index (κ1) is 16.7. The van der Waals surface area contributed by atoms with Crippen molar-refractivity contribution >= 4 is 11.8 Å². The number of hydrogen-bond donors (Lipinski definition) is 3. The summed E-state index contributed by atoms with van der Waals surface area (Å²) in [4.78, 5) is 11.0. The number of nitrogens with zero attached hydrogens (tertiary/aromatic N) is 3. The van der Waals surface area contributed by atoms with Crippen LogP contribution in [0.3, 0.4) is 0 Å². The minimum atomic E-state index is 0.347. The Hall–Kier alpha value is -2.18. The van der Waals surface area contributed by atoms with Crippen LogP contribution in [0.4, 0.5) is 11.8 Å². The molecule has 3 rings (SSSR count). The molecule has 1 saturated heterocycles. The highest BCUT2D eigenvalue weighted by atomic mass is 15.2. The molecule has 0 amide bonds. The van der Waals surface area contributed by atoms with E-state index < -0.39 is 0 Å². The molecule has 4 N–H and O–H groups in total. The fourth-order valence-electron chi connectivity index (χ4n) is 3.05. The highest BCUT2D eigenvalue weighted by molar-refractivity contribution is 5.44. The van der Waals surface area contributed by atoms with Gasteiger partial charge in [0, 0.05) is 31.7 Å². The normalized spacial score (nSPS) is 17.4. The van der Waals surface area contributed by atoms with Gasteiger partial charge in [0.05, 0.1) is 5.69 Å². The molecule has 1 atom stereocenters. The lowest BCUT2D eigenvalue weighted by Gasteiger charge is -2.18. The predicted octanol–water partition coefficient (Wildman–Crippen LogP) is 1.19. The van der Waals surface area contributed by atoms with Crippen molar-refractivity contribution in [1.29, 1.82) is 0 Å². The minimum absolute atomic E-state index is 0.347. The van der Waals surface area contributed by atoms with E-state index in [2.05, 4.69) is 49.8 Å². The Bertz CT molecular complexity index is 645. The van der Waals surface area contributed by atoms with E-state index in [1.165, 1.54) is 5.56 Å². The zero-order valence-electron chi connectivity index (χ0n) is 14.2. The largest absolute Gasteiger partial charge is 0.368 e. The van der Waals surface area contributed by atoms with Crippen LogP contribution in [0.5, 0.6) is 0 Å². The summed E-state index contributed by atoms with van der Waals surface area (Å²) in [5, 5.41) is 6.76. The summed E-state index contributed by atoms with van der Waals surface area (Å²) < 4.78 is 0. The van der Waals surface area contributed by atoms with E-state index in [1.807, 2.05) is 19.2 Å². The Morgan fingerprint density at radius 1 is 1.25 bits per heavy atom. The van der Waals surface area contributed by atoms with E-state index in [-0.39, 0.29) is 0 Å². The van der Waals surface area contributed by atoms with Gasteiger partial charge in [-0.3, -0.25) is 0 Å². The van der Waals surface area contributed by atoms with Gasteiger partial charge in [0.2, 0.25) is 5.95 Å². The average Bonchev–Trinajstić information content (AvgIpc) is 3.08. The minimum Gasteiger partial charge on any atom is -0.368 e. The van der Waals surface area contributed by atoms with Gasteiger partial charge >= 0.3 is 0 Å². The van der Waals surface area contributed by atoms with E-state index in [0.717, 1.165) is 44.0 Å². The van der Waals surface area contributed by atoms with Crippen molar-refractivity contribution in [3.05, 3.63) is 47.7 Å². The lowest BCUT2D eigenvalue weighted by Crippen LogP contribution is -2.30. The molecule has 128 valence electrons. The maximum Gasteiger partial charge on any atom is 0.222 e. The fourth-order valence-corrected chi connectivity index (χ4v) is 3.05. The second-order valence-corrected chi connectivity index (χ2v) is 6.21. The molecule has 0 bridgehead atoms. The van der Waals surface area contributed by atoms with Crippen molar-refractivity contribution in [2.45, 2.75) is 25.4 Å². The van der Waals surface area contributed by atoms with E-state index in [1.54, 1.807) is 0 Å². The zero-order valence-corrected chi connectivity index (χ0v) is 14.2. The highest BCUT2D eigenvalue weighted by Gasteiger charge is 2.22. The topological polar surface area (TPSA) is 79.1 Å². The summed E-state index contributed by atoms with van der Waals surface area (Å²) in [5.41, 5.74) is 8.18. The van der Waals surface area contributed by atoms with Crippen LogP contribution >= 0.6 is 0 Å². The molecule has 24 heavy (non-hydrogen) atoms. The standard InChI is InChI=1S/C18H26N6/c1-20-15-8-10-24(13-15)17-11-16(22-18(19)23-17)12-21-9-7-14-5-3-2-4-6-14/h2-6,11,15,20-21H,7-10,12-13H2,1H3,(H2,19,22,23)/t15-/m1/s1. The van der Waals surface area contributed by atoms with Crippen LogP contribution in [0.1, 0.15) is 17.7 Å². The molecule has 2 heterocycles. The molecule has 0 saturated carbocycles. The molecule has 1 aliphatic rings. The van der Waals surface area contributed by atoms with Gasteiger partial charge in [-0.15, -0.1) is 0 Å². The van der Waals surface area contributed by atoms with E-state index in [4.69, 9.17) is 5.73 Å². The highest BCUT2D eigenvalue weighted by Crippen LogP contribution is 2.19. The van der Waals surface area contributed by atoms with Crippen molar-refractivity contribution in [2.75, 3.05) is 37.3 Å². The lowest BCUT2D eigenvalue weighted by molar-refractivity contribution is 0.616.